The number of ether oxygens (including phenoxy) is 3. The first-order valence-electron chi connectivity index (χ1n) is 5.16. The van der Waals surface area contributed by atoms with E-state index in [1.165, 1.54) is 27.5 Å². The maximum absolute atomic E-state index is 6.99. The maximum Gasteiger partial charge on any atom is 0.206 e. The molecule has 104 valence electrons. The van der Waals surface area contributed by atoms with Crippen LogP contribution < -0.4 is 25.4 Å². The van der Waals surface area contributed by atoms with Crippen LogP contribution in [0.2, 0.25) is 5.02 Å². The fourth-order valence-electron chi connectivity index (χ4n) is 1.41. The number of hydrazone groups is 1. The zero-order chi connectivity index (χ0) is 14.4. The van der Waals surface area contributed by atoms with Gasteiger partial charge in [-0.1, -0.05) is 11.6 Å². The lowest BCUT2D eigenvalue weighted by Gasteiger charge is -2.14. The van der Waals surface area contributed by atoms with Gasteiger partial charge in [-0.2, -0.15) is 5.10 Å². The van der Waals surface area contributed by atoms with Gasteiger partial charge < -0.3 is 19.9 Å². The van der Waals surface area contributed by atoms with Crippen LogP contribution in [0.3, 0.4) is 0 Å². The molecule has 0 saturated heterocycles. The van der Waals surface area contributed by atoms with E-state index < -0.39 is 0 Å². The average molecular weight is 287 g/mol. The number of nitrogens with two attached hydrogens (primary N) is 1. The molecule has 0 atom stereocenters. The number of nitrogens with zero attached hydrogens (tertiary/aromatic N) is 1. The number of benzene rings is 1. The second-order valence-electron chi connectivity index (χ2n) is 3.33. The molecule has 0 aliphatic heterocycles. The van der Waals surface area contributed by atoms with E-state index in [1.807, 2.05) is 0 Å². The Bertz CT molecular complexity index is 505. The van der Waals surface area contributed by atoms with Crippen molar-refractivity contribution >= 4 is 23.8 Å². The standard InChI is InChI=1S/C11H15ClN4O3/c1-17-7-4-6(5-15-16-11(13)14)8(12)10(19-3)9(7)18-2/h4-5H,1-3H3,(H4,13,14,16). The molecule has 0 fully saturated rings. The summed E-state index contributed by atoms with van der Waals surface area (Å²) in [5.74, 6) is 0.910. The first kappa shape index (κ1) is 14.9. The van der Waals surface area contributed by atoms with Crippen LogP contribution in [-0.2, 0) is 0 Å². The SMILES string of the molecule is COc1cc(C=NNC(=N)N)c(Cl)c(OC)c1OC. The highest BCUT2D eigenvalue weighted by Crippen LogP contribution is 2.44. The molecule has 19 heavy (non-hydrogen) atoms. The zero-order valence-corrected chi connectivity index (χ0v) is 11.5. The van der Waals surface area contributed by atoms with Gasteiger partial charge in [0.05, 0.1) is 32.6 Å². The summed E-state index contributed by atoms with van der Waals surface area (Å²) in [5, 5.41) is 11.0. The second-order valence-corrected chi connectivity index (χ2v) is 3.71. The van der Waals surface area contributed by atoms with E-state index in [-0.39, 0.29) is 5.96 Å². The van der Waals surface area contributed by atoms with E-state index in [0.717, 1.165) is 0 Å². The van der Waals surface area contributed by atoms with Crippen LogP contribution in [-0.4, -0.2) is 33.5 Å². The minimum atomic E-state index is -0.278. The summed E-state index contributed by atoms with van der Waals surface area (Å²) < 4.78 is 15.6. The number of halogens is 1. The molecule has 0 heterocycles. The van der Waals surface area contributed by atoms with Gasteiger partial charge in [0.1, 0.15) is 0 Å². The van der Waals surface area contributed by atoms with E-state index in [2.05, 4.69) is 10.5 Å². The van der Waals surface area contributed by atoms with Gasteiger partial charge >= 0.3 is 0 Å². The first-order chi connectivity index (χ1) is 9.04. The van der Waals surface area contributed by atoms with E-state index in [0.29, 0.717) is 27.8 Å². The molecule has 4 N–H and O–H groups in total. The Hall–Kier alpha value is -2.15. The van der Waals surface area contributed by atoms with E-state index >= 15 is 0 Å². The van der Waals surface area contributed by atoms with E-state index in [1.54, 1.807) is 6.07 Å². The van der Waals surface area contributed by atoms with Gasteiger partial charge in [-0.25, -0.2) is 5.43 Å². The van der Waals surface area contributed by atoms with Crippen LogP contribution in [0.25, 0.3) is 0 Å². The summed E-state index contributed by atoms with van der Waals surface area (Å²) in [6.07, 6.45) is 1.40. The Balaban J connectivity index is 3.26. The third kappa shape index (κ3) is 3.41. The van der Waals surface area contributed by atoms with Crippen molar-refractivity contribution in [2.45, 2.75) is 0 Å². The molecule has 1 aromatic carbocycles. The van der Waals surface area contributed by atoms with Crippen LogP contribution in [0.15, 0.2) is 11.2 Å². The third-order valence-electron chi connectivity index (χ3n) is 2.19. The highest BCUT2D eigenvalue weighted by atomic mass is 35.5. The van der Waals surface area contributed by atoms with Crippen molar-refractivity contribution < 1.29 is 14.2 Å². The predicted molar refractivity (Wildman–Crippen MR) is 73.8 cm³/mol. The summed E-state index contributed by atoms with van der Waals surface area (Å²) in [6.45, 7) is 0. The summed E-state index contributed by atoms with van der Waals surface area (Å²) in [4.78, 5) is 0. The molecule has 0 spiro atoms. The van der Waals surface area contributed by atoms with Gasteiger partial charge in [-0.05, 0) is 6.07 Å². The van der Waals surface area contributed by atoms with Crippen LogP contribution in [0.4, 0.5) is 0 Å². The summed E-state index contributed by atoms with van der Waals surface area (Å²) in [7, 11) is 4.46. The highest BCUT2D eigenvalue weighted by Gasteiger charge is 2.18. The zero-order valence-electron chi connectivity index (χ0n) is 10.8. The molecule has 0 bridgehead atoms. The maximum atomic E-state index is 6.99. The minimum absolute atomic E-state index is 0.278. The van der Waals surface area contributed by atoms with Gasteiger partial charge in [0.15, 0.2) is 11.5 Å². The quantitative estimate of drug-likeness (QED) is 0.428. The number of nitrogens with one attached hydrogen (secondary N) is 2. The number of methoxy groups -OCH3 is 3. The van der Waals surface area contributed by atoms with Gasteiger partial charge in [0.2, 0.25) is 11.7 Å². The normalized spacial score (nSPS) is 10.3. The average Bonchev–Trinajstić information content (AvgIpc) is 2.39. The molecule has 0 unspecified atom stereocenters. The van der Waals surface area contributed by atoms with Gasteiger partial charge in [0.25, 0.3) is 0 Å². The molecule has 1 rings (SSSR count). The van der Waals surface area contributed by atoms with Crippen molar-refractivity contribution in [3.05, 3.63) is 16.7 Å². The molecular formula is C11H15ClN4O3. The smallest absolute Gasteiger partial charge is 0.206 e. The van der Waals surface area contributed by atoms with E-state index in [4.69, 9.17) is 37.0 Å². The van der Waals surface area contributed by atoms with Crippen LogP contribution in [0.5, 0.6) is 17.2 Å². The molecule has 1 aromatic rings. The summed E-state index contributed by atoms with van der Waals surface area (Å²) in [6, 6.07) is 1.63. The molecule has 0 aliphatic rings. The lowest BCUT2D eigenvalue weighted by atomic mass is 10.2. The van der Waals surface area contributed by atoms with Crippen molar-refractivity contribution in [2.24, 2.45) is 10.8 Å². The van der Waals surface area contributed by atoms with Crippen LogP contribution in [0.1, 0.15) is 5.56 Å². The van der Waals surface area contributed by atoms with E-state index in [9.17, 15) is 0 Å². The molecule has 7 nitrogen and oxygen atoms in total. The summed E-state index contributed by atoms with van der Waals surface area (Å²) >= 11 is 6.17. The van der Waals surface area contributed by atoms with Gasteiger partial charge in [-0.15, -0.1) is 0 Å². The lowest BCUT2D eigenvalue weighted by Crippen LogP contribution is -2.25. The first-order valence-corrected chi connectivity index (χ1v) is 5.54. The number of hydrogen-bond acceptors (Lipinski definition) is 5. The fraction of sp³-hybridized carbons (Fsp3) is 0.273. The molecule has 8 heteroatoms. The molecule has 0 saturated carbocycles. The summed E-state index contributed by atoms with van der Waals surface area (Å²) in [5.41, 5.74) is 7.92. The van der Waals surface area contributed by atoms with Crippen LogP contribution in [0, 0.1) is 5.41 Å². The number of guanidine groups is 1. The third-order valence-corrected chi connectivity index (χ3v) is 2.58. The molecule has 0 aromatic heterocycles. The van der Waals surface area contributed by atoms with Crippen molar-refractivity contribution in [1.29, 1.82) is 5.41 Å². The minimum Gasteiger partial charge on any atom is -0.493 e. The number of hydrogen-bond donors (Lipinski definition) is 3. The fourth-order valence-corrected chi connectivity index (χ4v) is 1.67. The van der Waals surface area contributed by atoms with Crippen molar-refractivity contribution in [3.63, 3.8) is 0 Å². The number of rotatable bonds is 5. The Kier molecular flexibility index (Phi) is 5.25. The second kappa shape index (κ2) is 6.69. The van der Waals surface area contributed by atoms with Crippen molar-refractivity contribution in [3.8, 4) is 17.2 Å². The molecule has 0 amide bonds. The largest absolute Gasteiger partial charge is 0.493 e. The van der Waals surface area contributed by atoms with Crippen molar-refractivity contribution in [2.75, 3.05) is 21.3 Å². The molecule has 0 radical (unpaired) electrons. The van der Waals surface area contributed by atoms with Gasteiger partial charge in [-0.3, -0.25) is 5.41 Å². The monoisotopic (exact) mass is 286 g/mol. The molecular weight excluding hydrogens is 272 g/mol. The predicted octanol–water partition coefficient (Wildman–Crippen LogP) is 1.18. The Morgan fingerprint density at radius 2 is 1.95 bits per heavy atom. The molecule has 0 aliphatic carbocycles. The highest BCUT2D eigenvalue weighted by molar-refractivity contribution is 6.35. The Morgan fingerprint density at radius 3 is 2.42 bits per heavy atom. The topological polar surface area (TPSA) is 102 Å². The Morgan fingerprint density at radius 1 is 1.32 bits per heavy atom. The van der Waals surface area contributed by atoms with Crippen LogP contribution >= 0.6 is 11.6 Å². The Labute approximate surface area is 115 Å². The van der Waals surface area contributed by atoms with Gasteiger partial charge in [0, 0.05) is 5.56 Å². The lowest BCUT2D eigenvalue weighted by molar-refractivity contribution is 0.324. The van der Waals surface area contributed by atoms with Crippen molar-refractivity contribution in [1.82, 2.24) is 5.43 Å².